The topological polar surface area (TPSA) is 97.0 Å². The Bertz CT molecular complexity index is 713. The van der Waals surface area contributed by atoms with Gasteiger partial charge in [0.05, 0.1) is 12.3 Å². The van der Waals surface area contributed by atoms with Crippen molar-refractivity contribution in [2.45, 2.75) is 38.6 Å². The predicted molar refractivity (Wildman–Crippen MR) is 98.6 cm³/mol. The number of piperidine rings is 1. The monoisotopic (exact) mass is 375 g/mol. The quantitative estimate of drug-likeness (QED) is 0.816. The highest BCUT2D eigenvalue weighted by Gasteiger charge is 2.24. The summed E-state index contributed by atoms with van der Waals surface area (Å²) in [6.07, 6.45) is 2.12. The molecule has 0 bridgehead atoms. The van der Waals surface area contributed by atoms with Crippen LogP contribution in [0.5, 0.6) is 5.75 Å². The van der Waals surface area contributed by atoms with Gasteiger partial charge in [0.2, 0.25) is 5.91 Å². The number of hydrogen-bond donors (Lipinski definition) is 2. The second-order valence-corrected chi connectivity index (χ2v) is 6.70. The van der Waals surface area contributed by atoms with Gasteiger partial charge in [0.15, 0.2) is 6.61 Å². The minimum Gasteiger partial charge on any atom is -0.482 e. The Kier molecular flexibility index (Phi) is 6.16. The molecular formula is C19H25N3O5. The maximum Gasteiger partial charge on any atom is 0.409 e. The highest BCUT2D eigenvalue weighted by atomic mass is 16.6. The highest BCUT2D eigenvalue weighted by molar-refractivity contribution is 5.95. The van der Waals surface area contributed by atoms with Crippen LogP contribution < -0.4 is 15.4 Å². The molecule has 0 spiro atoms. The van der Waals surface area contributed by atoms with Crippen molar-refractivity contribution in [2.24, 2.45) is 0 Å². The van der Waals surface area contributed by atoms with Crippen LogP contribution in [-0.2, 0) is 20.7 Å². The first kappa shape index (κ1) is 19.0. The van der Waals surface area contributed by atoms with Crippen LogP contribution in [-0.4, -0.2) is 55.2 Å². The number of carbonyl (C=O) groups excluding carboxylic acids is 3. The molecular weight excluding hydrogens is 350 g/mol. The van der Waals surface area contributed by atoms with Crippen molar-refractivity contribution < 1.29 is 23.9 Å². The standard InChI is InChI=1S/C19H25N3O5/c1-2-26-19(25)22-9-7-14(8-10-22)20-17(23)6-4-13-3-5-16-15(11-13)21-18(24)12-27-16/h3,5,11,14H,2,4,6-10,12H2,1H3,(H,20,23)(H,21,24). The molecule has 0 saturated carbocycles. The first-order chi connectivity index (χ1) is 13.0. The average Bonchev–Trinajstić information content (AvgIpc) is 2.66. The SMILES string of the molecule is CCOC(=O)N1CCC(NC(=O)CCc2ccc3c(c2)NC(=O)CO3)CC1. The zero-order valence-electron chi connectivity index (χ0n) is 15.5. The summed E-state index contributed by atoms with van der Waals surface area (Å²) in [6.45, 7) is 3.37. The summed E-state index contributed by atoms with van der Waals surface area (Å²) in [4.78, 5) is 37.0. The van der Waals surface area contributed by atoms with Crippen LogP contribution in [0.25, 0.3) is 0 Å². The predicted octanol–water partition coefficient (Wildman–Crippen LogP) is 1.69. The fourth-order valence-corrected chi connectivity index (χ4v) is 3.26. The normalized spacial score (nSPS) is 16.8. The molecule has 2 aliphatic rings. The smallest absolute Gasteiger partial charge is 0.409 e. The van der Waals surface area contributed by atoms with E-state index in [9.17, 15) is 14.4 Å². The number of ether oxygens (including phenoxy) is 2. The summed E-state index contributed by atoms with van der Waals surface area (Å²) in [5, 5.41) is 5.81. The van der Waals surface area contributed by atoms with E-state index in [0.717, 1.165) is 18.4 Å². The van der Waals surface area contributed by atoms with Crippen molar-refractivity contribution in [3.63, 3.8) is 0 Å². The molecule has 3 amide bonds. The van der Waals surface area contributed by atoms with Crippen LogP contribution in [0.4, 0.5) is 10.5 Å². The van der Waals surface area contributed by atoms with Crippen LogP contribution in [0.3, 0.4) is 0 Å². The number of aryl methyl sites for hydroxylation is 1. The Morgan fingerprint density at radius 1 is 1.33 bits per heavy atom. The lowest BCUT2D eigenvalue weighted by Gasteiger charge is -2.31. The van der Waals surface area contributed by atoms with Gasteiger partial charge in [-0.05, 0) is 43.9 Å². The van der Waals surface area contributed by atoms with E-state index < -0.39 is 0 Å². The van der Waals surface area contributed by atoms with E-state index in [2.05, 4.69) is 10.6 Å². The number of fused-ring (bicyclic) bond motifs is 1. The van der Waals surface area contributed by atoms with E-state index in [1.165, 1.54) is 0 Å². The Morgan fingerprint density at radius 3 is 2.85 bits per heavy atom. The fraction of sp³-hybridized carbons (Fsp3) is 0.526. The van der Waals surface area contributed by atoms with Gasteiger partial charge in [-0.15, -0.1) is 0 Å². The van der Waals surface area contributed by atoms with E-state index in [4.69, 9.17) is 9.47 Å². The first-order valence-corrected chi connectivity index (χ1v) is 9.32. The van der Waals surface area contributed by atoms with E-state index >= 15 is 0 Å². The summed E-state index contributed by atoms with van der Waals surface area (Å²) in [7, 11) is 0. The van der Waals surface area contributed by atoms with Gasteiger partial charge in [0, 0.05) is 25.6 Å². The molecule has 3 rings (SSSR count). The summed E-state index contributed by atoms with van der Waals surface area (Å²) >= 11 is 0. The molecule has 0 aromatic heterocycles. The Morgan fingerprint density at radius 2 is 2.11 bits per heavy atom. The van der Waals surface area contributed by atoms with Crippen molar-refractivity contribution in [2.75, 3.05) is 31.6 Å². The number of hydrogen-bond acceptors (Lipinski definition) is 5. The summed E-state index contributed by atoms with van der Waals surface area (Å²) < 4.78 is 10.3. The molecule has 8 heteroatoms. The van der Waals surface area contributed by atoms with Crippen LogP contribution >= 0.6 is 0 Å². The van der Waals surface area contributed by atoms with Crippen LogP contribution in [0, 0.1) is 0 Å². The number of anilines is 1. The molecule has 2 heterocycles. The molecule has 0 radical (unpaired) electrons. The lowest BCUT2D eigenvalue weighted by Crippen LogP contribution is -2.46. The number of rotatable bonds is 5. The van der Waals surface area contributed by atoms with Gasteiger partial charge in [0.1, 0.15) is 5.75 Å². The van der Waals surface area contributed by atoms with Crippen molar-refractivity contribution >= 4 is 23.6 Å². The van der Waals surface area contributed by atoms with E-state index in [0.29, 0.717) is 44.0 Å². The summed E-state index contributed by atoms with van der Waals surface area (Å²) in [6, 6.07) is 5.64. The molecule has 1 aromatic rings. The van der Waals surface area contributed by atoms with Gasteiger partial charge in [-0.2, -0.15) is 0 Å². The summed E-state index contributed by atoms with van der Waals surface area (Å²) in [5.74, 6) is 0.463. The average molecular weight is 375 g/mol. The molecule has 0 aliphatic carbocycles. The summed E-state index contributed by atoms with van der Waals surface area (Å²) in [5.41, 5.74) is 1.61. The van der Waals surface area contributed by atoms with Crippen molar-refractivity contribution in [1.82, 2.24) is 10.2 Å². The van der Waals surface area contributed by atoms with Gasteiger partial charge in [0.25, 0.3) is 5.91 Å². The lowest BCUT2D eigenvalue weighted by atomic mass is 10.0. The third-order valence-corrected chi connectivity index (χ3v) is 4.70. The number of likely N-dealkylation sites (tertiary alicyclic amines) is 1. The van der Waals surface area contributed by atoms with Crippen LogP contribution in [0.1, 0.15) is 31.7 Å². The molecule has 146 valence electrons. The zero-order valence-corrected chi connectivity index (χ0v) is 15.5. The number of carbonyl (C=O) groups is 3. The van der Waals surface area contributed by atoms with Crippen LogP contribution in [0.15, 0.2) is 18.2 Å². The van der Waals surface area contributed by atoms with E-state index in [-0.39, 0.29) is 30.6 Å². The van der Waals surface area contributed by atoms with Crippen molar-refractivity contribution in [3.05, 3.63) is 23.8 Å². The van der Waals surface area contributed by atoms with E-state index in [1.54, 1.807) is 11.8 Å². The number of benzene rings is 1. The zero-order chi connectivity index (χ0) is 19.2. The Hall–Kier alpha value is -2.77. The first-order valence-electron chi connectivity index (χ1n) is 9.32. The minimum absolute atomic E-state index is 0.0115. The highest BCUT2D eigenvalue weighted by Crippen LogP contribution is 2.28. The number of nitrogens with one attached hydrogen (secondary N) is 2. The fourth-order valence-electron chi connectivity index (χ4n) is 3.26. The maximum atomic E-state index is 12.2. The van der Waals surface area contributed by atoms with Gasteiger partial charge >= 0.3 is 6.09 Å². The third-order valence-electron chi connectivity index (χ3n) is 4.70. The van der Waals surface area contributed by atoms with Gasteiger partial charge in [-0.1, -0.05) is 6.07 Å². The third kappa shape index (κ3) is 5.12. The molecule has 8 nitrogen and oxygen atoms in total. The molecule has 27 heavy (non-hydrogen) atoms. The Labute approximate surface area is 158 Å². The molecule has 1 saturated heterocycles. The molecule has 0 atom stereocenters. The van der Waals surface area contributed by atoms with E-state index in [1.807, 2.05) is 18.2 Å². The second kappa shape index (κ2) is 8.75. The van der Waals surface area contributed by atoms with Crippen molar-refractivity contribution in [1.29, 1.82) is 0 Å². The lowest BCUT2D eigenvalue weighted by molar-refractivity contribution is -0.122. The molecule has 0 unspecified atom stereocenters. The van der Waals surface area contributed by atoms with Gasteiger partial charge in [-0.3, -0.25) is 9.59 Å². The Balaban J connectivity index is 1.42. The molecule has 2 aliphatic heterocycles. The largest absolute Gasteiger partial charge is 0.482 e. The molecule has 2 N–H and O–H groups in total. The maximum absolute atomic E-state index is 12.2. The van der Waals surface area contributed by atoms with Crippen molar-refractivity contribution in [3.8, 4) is 5.75 Å². The van der Waals surface area contributed by atoms with Crippen LogP contribution in [0.2, 0.25) is 0 Å². The minimum atomic E-state index is -0.286. The number of nitrogens with zero attached hydrogens (tertiary/aromatic N) is 1. The number of amides is 3. The second-order valence-electron chi connectivity index (χ2n) is 6.70. The van der Waals surface area contributed by atoms with Gasteiger partial charge < -0.3 is 25.0 Å². The molecule has 1 aromatic carbocycles. The molecule has 1 fully saturated rings. The van der Waals surface area contributed by atoms with Gasteiger partial charge in [-0.25, -0.2) is 4.79 Å².